The van der Waals surface area contributed by atoms with E-state index in [1.165, 1.54) is 0 Å². The molecular formula is C17H29IN4O2S. The predicted molar refractivity (Wildman–Crippen MR) is 116 cm³/mol. The summed E-state index contributed by atoms with van der Waals surface area (Å²) < 4.78 is 26.9. The molecule has 0 unspecified atom stereocenters. The van der Waals surface area contributed by atoms with Crippen LogP contribution in [0.15, 0.2) is 41.9 Å². The van der Waals surface area contributed by atoms with Crippen LogP contribution >= 0.6 is 24.0 Å². The van der Waals surface area contributed by atoms with Crippen molar-refractivity contribution in [3.63, 3.8) is 0 Å². The minimum Gasteiger partial charge on any atom is -0.357 e. The van der Waals surface area contributed by atoms with Gasteiger partial charge < -0.3 is 10.6 Å². The Bertz CT molecular complexity index is 660. The topological polar surface area (TPSA) is 82.6 Å². The standard InChI is InChI=1S/C17H28N4O2S.HI/c1-5-11-19-17(18-6-2)20-12-15-9-7-8-10-16(15)13-24(22,23)21-14(3)4;/h5,7-10,14,21H,1,6,11-13H2,2-4H3,(H2,18,19,20);1H. The van der Waals surface area contributed by atoms with E-state index in [1.54, 1.807) is 6.08 Å². The highest BCUT2D eigenvalue weighted by atomic mass is 127. The van der Waals surface area contributed by atoms with E-state index in [9.17, 15) is 8.42 Å². The molecule has 0 saturated heterocycles. The Labute approximate surface area is 168 Å². The van der Waals surface area contributed by atoms with Crippen LogP contribution in [-0.2, 0) is 22.3 Å². The molecule has 1 aromatic carbocycles. The van der Waals surface area contributed by atoms with Crippen molar-refractivity contribution >= 4 is 40.0 Å². The molecule has 0 fully saturated rings. The zero-order chi connectivity index (χ0) is 18.0. The smallest absolute Gasteiger partial charge is 0.216 e. The van der Waals surface area contributed by atoms with Crippen LogP contribution in [0.4, 0.5) is 0 Å². The molecular weight excluding hydrogens is 451 g/mol. The van der Waals surface area contributed by atoms with Crippen molar-refractivity contribution in [3.05, 3.63) is 48.0 Å². The Kier molecular flexibility index (Phi) is 11.7. The van der Waals surface area contributed by atoms with E-state index in [2.05, 4.69) is 26.9 Å². The van der Waals surface area contributed by atoms with Crippen LogP contribution in [0.5, 0.6) is 0 Å². The Morgan fingerprint density at radius 1 is 1.24 bits per heavy atom. The second-order valence-electron chi connectivity index (χ2n) is 5.67. The largest absolute Gasteiger partial charge is 0.357 e. The molecule has 0 spiro atoms. The summed E-state index contributed by atoms with van der Waals surface area (Å²) in [4.78, 5) is 4.50. The molecule has 1 rings (SSSR count). The summed E-state index contributed by atoms with van der Waals surface area (Å²) in [5.74, 6) is 0.628. The predicted octanol–water partition coefficient (Wildman–Crippen LogP) is 2.37. The first kappa shape index (κ1) is 23.9. The third-order valence-corrected chi connectivity index (χ3v) is 4.57. The first-order valence-corrected chi connectivity index (χ1v) is 9.73. The highest BCUT2D eigenvalue weighted by Crippen LogP contribution is 2.13. The summed E-state index contributed by atoms with van der Waals surface area (Å²) in [6, 6.07) is 7.34. The molecule has 0 aliphatic rings. The lowest BCUT2D eigenvalue weighted by atomic mass is 10.1. The van der Waals surface area contributed by atoms with Crippen molar-refractivity contribution in [1.82, 2.24) is 15.4 Å². The molecule has 1 aromatic rings. The van der Waals surface area contributed by atoms with E-state index in [-0.39, 0.29) is 35.8 Å². The summed E-state index contributed by atoms with van der Waals surface area (Å²) in [6.45, 7) is 11.0. The summed E-state index contributed by atoms with van der Waals surface area (Å²) in [7, 11) is -3.36. The van der Waals surface area contributed by atoms with Crippen molar-refractivity contribution in [2.24, 2.45) is 4.99 Å². The maximum atomic E-state index is 12.2. The fraction of sp³-hybridized carbons (Fsp3) is 0.471. The first-order chi connectivity index (χ1) is 11.4. The first-order valence-electron chi connectivity index (χ1n) is 8.07. The molecule has 0 aliphatic carbocycles. The molecule has 0 radical (unpaired) electrons. The van der Waals surface area contributed by atoms with Gasteiger partial charge in [-0.1, -0.05) is 30.3 Å². The molecule has 0 bridgehead atoms. The molecule has 6 nitrogen and oxygen atoms in total. The van der Waals surface area contributed by atoms with Gasteiger partial charge in [0.2, 0.25) is 10.0 Å². The maximum Gasteiger partial charge on any atom is 0.216 e. The van der Waals surface area contributed by atoms with Crippen LogP contribution in [-0.4, -0.2) is 33.5 Å². The van der Waals surface area contributed by atoms with Gasteiger partial charge in [-0.15, -0.1) is 30.6 Å². The number of hydrogen-bond acceptors (Lipinski definition) is 3. The normalized spacial score (nSPS) is 11.8. The molecule has 8 heteroatoms. The lowest BCUT2D eigenvalue weighted by Crippen LogP contribution is -2.37. The zero-order valence-corrected chi connectivity index (χ0v) is 18.2. The number of rotatable bonds is 9. The third-order valence-electron chi connectivity index (χ3n) is 3.04. The molecule has 0 saturated carbocycles. The maximum absolute atomic E-state index is 12.2. The molecule has 142 valence electrons. The van der Waals surface area contributed by atoms with E-state index in [1.807, 2.05) is 45.0 Å². The molecule has 0 aliphatic heterocycles. The minimum atomic E-state index is -3.36. The van der Waals surface area contributed by atoms with Gasteiger partial charge in [0, 0.05) is 19.1 Å². The number of guanidine groups is 1. The van der Waals surface area contributed by atoms with Crippen molar-refractivity contribution in [3.8, 4) is 0 Å². The second kappa shape index (κ2) is 12.3. The molecule has 0 atom stereocenters. The van der Waals surface area contributed by atoms with Crippen molar-refractivity contribution in [1.29, 1.82) is 0 Å². The molecule has 0 aromatic heterocycles. The summed E-state index contributed by atoms with van der Waals surface area (Å²) in [5.41, 5.74) is 1.65. The number of nitrogens with one attached hydrogen (secondary N) is 3. The van der Waals surface area contributed by atoms with Gasteiger partial charge in [0.1, 0.15) is 0 Å². The Hall–Kier alpha value is -1.13. The number of sulfonamides is 1. The van der Waals surface area contributed by atoms with Crippen LogP contribution in [0, 0.1) is 0 Å². The van der Waals surface area contributed by atoms with Crippen molar-refractivity contribution in [2.45, 2.75) is 39.1 Å². The molecule has 0 amide bonds. The fourth-order valence-electron chi connectivity index (χ4n) is 2.13. The van der Waals surface area contributed by atoms with E-state index in [0.29, 0.717) is 19.0 Å². The monoisotopic (exact) mass is 480 g/mol. The SMILES string of the molecule is C=CCNC(=NCc1ccccc1CS(=O)(=O)NC(C)C)NCC.I. The van der Waals surface area contributed by atoms with Gasteiger partial charge in [-0.05, 0) is 31.9 Å². The van der Waals surface area contributed by atoms with Crippen LogP contribution in [0.3, 0.4) is 0 Å². The minimum absolute atomic E-state index is 0. The van der Waals surface area contributed by atoms with E-state index < -0.39 is 10.0 Å². The molecule has 0 heterocycles. The van der Waals surface area contributed by atoms with Crippen LogP contribution < -0.4 is 15.4 Å². The van der Waals surface area contributed by atoms with Gasteiger partial charge >= 0.3 is 0 Å². The number of hydrogen-bond donors (Lipinski definition) is 3. The summed E-state index contributed by atoms with van der Waals surface area (Å²) in [5, 5.41) is 6.27. The third kappa shape index (κ3) is 9.81. The van der Waals surface area contributed by atoms with Gasteiger partial charge in [-0.25, -0.2) is 18.1 Å². The van der Waals surface area contributed by atoms with Gasteiger partial charge in [0.25, 0.3) is 0 Å². The lowest BCUT2D eigenvalue weighted by Gasteiger charge is -2.13. The van der Waals surface area contributed by atoms with Crippen LogP contribution in [0.2, 0.25) is 0 Å². The van der Waals surface area contributed by atoms with Gasteiger partial charge in [0.15, 0.2) is 5.96 Å². The summed E-state index contributed by atoms with van der Waals surface area (Å²) >= 11 is 0. The van der Waals surface area contributed by atoms with E-state index in [4.69, 9.17) is 0 Å². The molecule has 3 N–H and O–H groups in total. The highest BCUT2D eigenvalue weighted by Gasteiger charge is 2.15. The van der Waals surface area contributed by atoms with E-state index in [0.717, 1.165) is 17.7 Å². The Balaban J connectivity index is 0.00000576. The number of nitrogens with zero attached hydrogens (tertiary/aromatic N) is 1. The van der Waals surface area contributed by atoms with E-state index >= 15 is 0 Å². The number of halogens is 1. The second-order valence-corrected chi connectivity index (χ2v) is 7.42. The van der Waals surface area contributed by atoms with Crippen molar-refractivity contribution < 1.29 is 8.42 Å². The van der Waals surface area contributed by atoms with Crippen LogP contribution in [0.1, 0.15) is 31.9 Å². The van der Waals surface area contributed by atoms with Gasteiger partial charge in [0.05, 0.1) is 12.3 Å². The quantitative estimate of drug-likeness (QED) is 0.219. The van der Waals surface area contributed by atoms with Gasteiger partial charge in [-0.3, -0.25) is 0 Å². The zero-order valence-electron chi connectivity index (χ0n) is 15.1. The number of aliphatic imine (C=N–C) groups is 1. The fourth-order valence-corrected chi connectivity index (χ4v) is 3.63. The number of benzene rings is 1. The molecule has 25 heavy (non-hydrogen) atoms. The Morgan fingerprint density at radius 2 is 1.88 bits per heavy atom. The van der Waals surface area contributed by atoms with Gasteiger partial charge in [-0.2, -0.15) is 0 Å². The highest BCUT2D eigenvalue weighted by molar-refractivity contribution is 14.0. The lowest BCUT2D eigenvalue weighted by molar-refractivity contribution is 0.569. The average Bonchev–Trinajstić information content (AvgIpc) is 2.49. The summed E-state index contributed by atoms with van der Waals surface area (Å²) in [6.07, 6.45) is 1.75. The Morgan fingerprint density at radius 3 is 2.44 bits per heavy atom. The van der Waals surface area contributed by atoms with Crippen molar-refractivity contribution in [2.75, 3.05) is 13.1 Å². The average molecular weight is 480 g/mol. The van der Waals surface area contributed by atoms with Crippen LogP contribution in [0.25, 0.3) is 0 Å².